The molecule has 0 aromatic heterocycles. The van der Waals surface area contributed by atoms with Gasteiger partial charge in [-0.1, -0.05) is 49.1 Å². The fraction of sp³-hybridized carbons (Fsp3) is 0.533. The van der Waals surface area contributed by atoms with Crippen molar-refractivity contribution in [2.24, 2.45) is 5.73 Å². The standard InChI is InChI=1S/C15H21ClN2O/c16-13-7-3-2-6-12(13)10-14(19)18-11-15(17)8-4-1-5-9-15/h2-3,6-7H,1,4-5,8-11,17H2,(H,18,19). The van der Waals surface area contributed by atoms with Crippen LogP contribution in [-0.2, 0) is 11.2 Å². The molecule has 0 bridgehead atoms. The van der Waals surface area contributed by atoms with Gasteiger partial charge in [-0.25, -0.2) is 0 Å². The van der Waals surface area contributed by atoms with E-state index < -0.39 is 0 Å². The predicted octanol–water partition coefficient (Wildman–Crippen LogP) is 2.66. The number of benzene rings is 1. The topological polar surface area (TPSA) is 55.1 Å². The molecular formula is C15H21ClN2O. The Hall–Kier alpha value is -1.06. The van der Waals surface area contributed by atoms with Gasteiger partial charge < -0.3 is 11.1 Å². The summed E-state index contributed by atoms with van der Waals surface area (Å²) < 4.78 is 0. The molecule has 0 spiro atoms. The first-order valence-corrected chi connectivity index (χ1v) is 7.26. The Labute approximate surface area is 119 Å². The van der Waals surface area contributed by atoms with Gasteiger partial charge in [-0.3, -0.25) is 4.79 Å². The van der Waals surface area contributed by atoms with Gasteiger partial charge in [0.05, 0.1) is 6.42 Å². The number of carbonyl (C=O) groups excluding carboxylic acids is 1. The number of nitrogens with one attached hydrogen (secondary N) is 1. The number of rotatable bonds is 4. The van der Waals surface area contributed by atoms with Gasteiger partial charge in [-0.15, -0.1) is 0 Å². The summed E-state index contributed by atoms with van der Waals surface area (Å²) in [6.45, 7) is 0.566. The number of hydrogen-bond acceptors (Lipinski definition) is 2. The highest BCUT2D eigenvalue weighted by atomic mass is 35.5. The molecule has 2 rings (SSSR count). The van der Waals surface area contributed by atoms with E-state index in [1.165, 1.54) is 6.42 Å². The van der Waals surface area contributed by atoms with Crippen LogP contribution in [0, 0.1) is 0 Å². The lowest BCUT2D eigenvalue weighted by atomic mass is 9.82. The van der Waals surface area contributed by atoms with Crippen molar-refractivity contribution < 1.29 is 4.79 Å². The van der Waals surface area contributed by atoms with E-state index in [1.807, 2.05) is 18.2 Å². The lowest BCUT2D eigenvalue weighted by Crippen LogP contribution is -2.51. The molecule has 1 fully saturated rings. The summed E-state index contributed by atoms with van der Waals surface area (Å²) in [6.07, 6.45) is 5.90. The van der Waals surface area contributed by atoms with Gasteiger partial charge in [-0.2, -0.15) is 0 Å². The van der Waals surface area contributed by atoms with E-state index >= 15 is 0 Å². The lowest BCUT2D eigenvalue weighted by Gasteiger charge is -2.33. The second-order valence-corrected chi connectivity index (χ2v) is 5.88. The van der Waals surface area contributed by atoms with Gasteiger partial charge >= 0.3 is 0 Å². The average Bonchev–Trinajstić information content (AvgIpc) is 2.40. The Bertz CT molecular complexity index is 442. The average molecular weight is 281 g/mol. The van der Waals surface area contributed by atoms with Crippen LogP contribution >= 0.6 is 11.6 Å². The van der Waals surface area contributed by atoms with Gasteiger partial charge in [0, 0.05) is 17.1 Å². The Morgan fingerprint density at radius 1 is 1.26 bits per heavy atom. The molecule has 1 aliphatic carbocycles. The fourth-order valence-corrected chi connectivity index (χ4v) is 2.79. The second-order valence-electron chi connectivity index (χ2n) is 5.47. The van der Waals surface area contributed by atoms with E-state index in [1.54, 1.807) is 6.07 Å². The van der Waals surface area contributed by atoms with Crippen LogP contribution in [0.3, 0.4) is 0 Å². The molecule has 0 unspecified atom stereocenters. The van der Waals surface area contributed by atoms with Crippen molar-refractivity contribution in [1.82, 2.24) is 5.32 Å². The smallest absolute Gasteiger partial charge is 0.224 e. The van der Waals surface area contributed by atoms with Gasteiger partial charge in [0.1, 0.15) is 0 Å². The van der Waals surface area contributed by atoms with Gasteiger partial charge in [0.25, 0.3) is 0 Å². The third kappa shape index (κ3) is 4.22. The van der Waals surface area contributed by atoms with Crippen LogP contribution in [-0.4, -0.2) is 18.0 Å². The van der Waals surface area contributed by atoms with Crippen molar-refractivity contribution in [2.45, 2.75) is 44.1 Å². The minimum atomic E-state index is -0.214. The molecule has 1 saturated carbocycles. The summed E-state index contributed by atoms with van der Waals surface area (Å²) in [5.74, 6) is -0.0106. The second kappa shape index (κ2) is 6.40. The molecule has 1 aliphatic rings. The van der Waals surface area contributed by atoms with E-state index in [-0.39, 0.29) is 11.4 Å². The highest BCUT2D eigenvalue weighted by molar-refractivity contribution is 6.31. The van der Waals surface area contributed by atoms with Gasteiger partial charge in [0.15, 0.2) is 0 Å². The van der Waals surface area contributed by atoms with Crippen LogP contribution in [0.15, 0.2) is 24.3 Å². The number of carbonyl (C=O) groups is 1. The zero-order valence-electron chi connectivity index (χ0n) is 11.1. The number of hydrogen-bond donors (Lipinski definition) is 2. The lowest BCUT2D eigenvalue weighted by molar-refractivity contribution is -0.120. The van der Waals surface area contributed by atoms with Crippen molar-refractivity contribution in [3.8, 4) is 0 Å². The molecule has 1 aromatic rings. The molecule has 104 valence electrons. The van der Waals surface area contributed by atoms with Crippen molar-refractivity contribution in [2.75, 3.05) is 6.54 Å². The maximum atomic E-state index is 11.9. The van der Waals surface area contributed by atoms with E-state index in [9.17, 15) is 4.79 Å². The molecule has 1 aromatic carbocycles. The molecule has 0 radical (unpaired) electrons. The largest absolute Gasteiger partial charge is 0.354 e. The molecule has 19 heavy (non-hydrogen) atoms. The van der Waals surface area contributed by atoms with Crippen LogP contribution in [0.5, 0.6) is 0 Å². The molecular weight excluding hydrogens is 260 g/mol. The SMILES string of the molecule is NC1(CNC(=O)Cc2ccccc2Cl)CCCCC1. The van der Waals surface area contributed by atoms with E-state index in [2.05, 4.69) is 5.32 Å². The summed E-state index contributed by atoms with van der Waals surface area (Å²) in [5.41, 5.74) is 6.93. The molecule has 3 N–H and O–H groups in total. The molecule has 0 heterocycles. The summed E-state index contributed by atoms with van der Waals surface area (Å²) in [4.78, 5) is 11.9. The first-order valence-electron chi connectivity index (χ1n) is 6.88. The highest BCUT2D eigenvalue weighted by Gasteiger charge is 2.27. The van der Waals surface area contributed by atoms with Crippen molar-refractivity contribution >= 4 is 17.5 Å². The van der Waals surface area contributed by atoms with Crippen LogP contribution in [0.1, 0.15) is 37.7 Å². The molecule has 0 aliphatic heterocycles. The predicted molar refractivity (Wildman–Crippen MR) is 78.2 cm³/mol. The Morgan fingerprint density at radius 3 is 2.63 bits per heavy atom. The number of nitrogens with two attached hydrogens (primary N) is 1. The Morgan fingerprint density at radius 2 is 1.95 bits per heavy atom. The van der Waals surface area contributed by atoms with Crippen LogP contribution in [0.25, 0.3) is 0 Å². The monoisotopic (exact) mass is 280 g/mol. The summed E-state index contributed by atoms with van der Waals surface area (Å²) >= 11 is 6.04. The Kier molecular flexibility index (Phi) is 4.83. The fourth-order valence-electron chi connectivity index (χ4n) is 2.58. The molecule has 4 heteroatoms. The van der Waals surface area contributed by atoms with E-state index in [0.717, 1.165) is 31.2 Å². The number of amides is 1. The summed E-state index contributed by atoms with van der Waals surface area (Å²) in [5, 5.41) is 3.58. The first-order chi connectivity index (χ1) is 9.09. The van der Waals surface area contributed by atoms with E-state index in [4.69, 9.17) is 17.3 Å². The molecule has 1 amide bonds. The maximum absolute atomic E-state index is 11.9. The molecule has 0 atom stereocenters. The van der Waals surface area contributed by atoms with Gasteiger partial charge in [-0.05, 0) is 24.5 Å². The Balaban J connectivity index is 1.83. The minimum Gasteiger partial charge on any atom is -0.354 e. The molecule has 0 saturated heterocycles. The normalized spacial score (nSPS) is 18.0. The quantitative estimate of drug-likeness (QED) is 0.891. The first kappa shape index (κ1) is 14.4. The van der Waals surface area contributed by atoms with Crippen LogP contribution in [0.2, 0.25) is 5.02 Å². The highest BCUT2D eigenvalue weighted by Crippen LogP contribution is 2.25. The summed E-state index contributed by atoms with van der Waals surface area (Å²) in [7, 11) is 0. The molecule has 3 nitrogen and oxygen atoms in total. The van der Waals surface area contributed by atoms with Crippen molar-refractivity contribution in [3.05, 3.63) is 34.9 Å². The minimum absolute atomic E-state index is 0.0106. The summed E-state index contributed by atoms with van der Waals surface area (Å²) in [6, 6.07) is 7.43. The third-order valence-electron chi connectivity index (χ3n) is 3.80. The zero-order chi connectivity index (χ0) is 13.7. The number of halogens is 1. The zero-order valence-corrected chi connectivity index (χ0v) is 11.9. The van der Waals surface area contributed by atoms with Crippen molar-refractivity contribution in [3.63, 3.8) is 0 Å². The van der Waals surface area contributed by atoms with Crippen LogP contribution in [0.4, 0.5) is 0 Å². The van der Waals surface area contributed by atoms with Crippen molar-refractivity contribution in [1.29, 1.82) is 0 Å². The van der Waals surface area contributed by atoms with Crippen LogP contribution < -0.4 is 11.1 Å². The maximum Gasteiger partial charge on any atom is 0.224 e. The van der Waals surface area contributed by atoms with E-state index in [0.29, 0.717) is 18.0 Å². The van der Waals surface area contributed by atoms with Gasteiger partial charge in [0.2, 0.25) is 5.91 Å². The third-order valence-corrected chi connectivity index (χ3v) is 4.16.